The molecule has 3 amide bonds. The van der Waals surface area contributed by atoms with Gasteiger partial charge in [0.15, 0.2) is 11.5 Å². The number of nitrogens with zero attached hydrogens (tertiary/aromatic N) is 4. The summed E-state index contributed by atoms with van der Waals surface area (Å²) in [5.74, 6) is -0.314. The molecule has 38 heavy (non-hydrogen) atoms. The predicted octanol–water partition coefficient (Wildman–Crippen LogP) is 2.55. The van der Waals surface area contributed by atoms with Gasteiger partial charge in [-0.1, -0.05) is 32.1 Å². The van der Waals surface area contributed by atoms with Crippen LogP contribution in [0.5, 0.6) is 0 Å². The summed E-state index contributed by atoms with van der Waals surface area (Å²) in [6.45, 7) is 5.04. The lowest BCUT2D eigenvalue weighted by Crippen LogP contribution is -2.39. The molecule has 4 N–H and O–H groups in total. The van der Waals surface area contributed by atoms with Crippen LogP contribution in [-0.4, -0.2) is 78.3 Å². The number of amides is 3. The second kappa shape index (κ2) is 13.1. The van der Waals surface area contributed by atoms with Crippen LogP contribution in [0.25, 0.3) is 0 Å². The average molecular weight is 522 g/mol. The first-order chi connectivity index (χ1) is 18.1. The van der Waals surface area contributed by atoms with Crippen LogP contribution in [-0.2, 0) is 16.0 Å². The SMILES string of the molecule is CCc1nc(C(N)=O)c(Nc2cccc([C@@H](C)CNC(=O)CN(C)C(=O)/C=C/CN(C)C)c2)nc1C1CC1. The smallest absolute Gasteiger partial charge is 0.271 e. The summed E-state index contributed by atoms with van der Waals surface area (Å²) in [6, 6.07) is 7.72. The van der Waals surface area contributed by atoms with Crippen molar-refractivity contribution in [1.29, 1.82) is 0 Å². The van der Waals surface area contributed by atoms with Crippen molar-refractivity contribution >= 4 is 29.2 Å². The van der Waals surface area contributed by atoms with Gasteiger partial charge in [-0.3, -0.25) is 14.4 Å². The van der Waals surface area contributed by atoms with Crippen molar-refractivity contribution in [2.75, 3.05) is 46.1 Å². The Bertz CT molecular complexity index is 1190. The molecule has 0 unspecified atom stereocenters. The molecule has 0 aliphatic heterocycles. The fourth-order valence-corrected chi connectivity index (χ4v) is 3.97. The minimum absolute atomic E-state index is 0.00730. The molecule has 10 nitrogen and oxygen atoms in total. The molecule has 10 heteroatoms. The molecule has 3 rings (SSSR count). The second-order valence-corrected chi connectivity index (χ2v) is 10.1. The molecule has 1 fully saturated rings. The number of benzene rings is 1. The first kappa shape index (κ1) is 28.8. The van der Waals surface area contributed by atoms with Crippen molar-refractivity contribution < 1.29 is 14.4 Å². The average Bonchev–Trinajstić information content (AvgIpc) is 3.72. The Hall–Kier alpha value is -3.79. The van der Waals surface area contributed by atoms with Crippen LogP contribution < -0.4 is 16.4 Å². The van der Waals surface area contributed by atoms with Gasteiger partial charge in [0.05, 0.1) is 17.9 Å². The van der Waals surface area contributed by atoms with Gasteiger partial charge in [-0.05, 0) is 57.0 Å². The van der Waals surface area contributed by atoms with Gasteiger partial charge >= 0.3 is 0 Å². The Morgan fingerprint density at radius 3 is 2.55 bits per heavy atom. The number of primary amides is 1. The molecule has 1 heterocycles. The number of carbonyl (C=O) groups is 3. The Morgan fingerprint density at radius 1 is 1.18 bits per heavy atom. The number of anilines is 2. The van der Waals surface area contributed by atoms with Crippen LogP contribution in [0.15, 0.2) is 36.4 Å². The first-order valence-corrected chi connectivity index (χ1v) is 13.0. The third-order valence-electron chi connectivity index (χ3n) is 6.34. The number of aryl methyl sites for hydroxylation is 1. The highest BCUT2D eigenvalue weighted by Gasteiger charge is 2.30. The van der Waals surface area contributed by atoms with Crippen molar-refractivity contribution in [1.82, 2.24) is 25.1 Å². The van der Waals surface area contributed by atoms with Gasteiger partial charge in [-0.15, -0.1) is 0 Å². The monoisotopic (exact) mass is 521 g/mol. The van der Waals surface area contributed by atoms with Gasteiger partial charge in [0.25, 0.3) is 5.91 Å². The molecule has 0 radical (unpaired) electrons. The number of likely N-dealkylation sites (N-methyl/N-ethyl adjacent to an activating group) is 2. The molecule has 1 atom stereocenters. The fraction of sp³-hybridized carbons (Fsp3) is 0.464. The van der Waals surface area contributed by atoms with E-state index < -0.39 is 5.91 Å². The Kier molecular flexibility index (Phi) is 9.95. The maximum absolute atomic E-state index is 12.4. The van der Waals surface area contributed by atoms with Crippen LogP contribution >= 0.6 is 0 Å². The summed E-state index contributed by atoms with van der Waals surface area (Å²) in [5, 5.41) is 6.14. The lowest BCUT2D eigenvalue weighted by molar-refractivity contribution is -0.131. The Labute approximate surface area is 224 Å². The Morgan fingerprint density at radius 2 is 1.92 bits per heavy atom. The summed E-state index contributed by atoms with van der Waals surface area (Å²) in [6.07, 6.45) is 6.09. The molecule has 1 aliphatic rings. The number of carbonyl (C=O) groups excluding carboxylic acids is 3. The number of rotatable bonds is 13. The van der Waals surface area contributed by atoms with Crippen molar-refractivity contribution in [2.45, 2.75) is 44.9 Å². The molecule has 0 spiro atoms. The van der Waals surface area contributed by atoms with E-state index in [0.717, 1.165) is 35.5 Å². The number of hydrogen-bond donors (Lipinski definition) is 3. The van der Waals surface area contributed by atoms with E-state index in [1.807, 2.05) is 57.1 Å². The number of nitrogens with one attached hydrogen (secondary N) is 2. The van der Waals surface area contributed by atoms with Gasteiger partial charge in [-0.25, -0.2) is 9.97 Å². The number of nitrogens with two attached hydrogens (primary N) is 1. The second-order valence-electron chi connectivity index (χ2n) is 10.1. The fourth-order valence-electron chi connectivity index (χ4n) is 3.97. The molecular weight excluding hydrogens is 482 g/mol. The minimum Gasteiger partial charge on any atom is -0.364 e. The largest absolute Gasteiger partial charge is 0.364 e. The number of hydrogen-bond acceptors (Lipinski definition) is 7. The maximum Gasteiger partial charge on any atom is 0.271 e. The highest BCUT2D eigenvalue weighted by Crippen LogP contribution is 2.41. The van der Waals surface area contributed by atoms with Crippen LogP contribution in [0.1, 0.15) is 66.0 Å². The maximum atomic E-state index is 12.4. The summed E-state index contributed by atoms with van der Waals surface area (Å²) in [5.41, 5.74) is 9.25. The van der Waals surface area contributed by atoms with Crippen LogP contribution in [0.2, 0.25) is 0 Å². The zero-order valence-corrected chi connectivity index (χ0v) is 23.0. The van der Waals surface area contributed by atoms with Crippen LogP contribution in [0.3, 0.4) is 0 Å². The lowest BCUT2D eigenvalue weighted by Gasteiger charge is -2.18. The molecule has 1 aromatic carbocycles. The molecule has 0 bridgehead atoms. The number of aromatic nitrogens is 2. The molecule has 204 valence electrons. The first-order valence-electron chi connectivity index (χ1n) is 13.0. The van der Waals surface area contributed by atoms with Gasteiger partial charge < -0.3 is 26.2 Å². The third kappa shape index (κ3) is 8.11. The van der Waals surface area contributed by atoms with E-state index in [-0.39, 0.29) is 30.0 Å². The highest BCUT2D eigenvalue weighted by atomic mass is 16.2. The summed E-state index contributed by atoms with van der Waals surface area (Å²) in [4.78, 5) is 49.3. The van der Waals surface area contributed by atoms with Crippen LogP contribution in [0.4, 0.5) is 11.5 Å². The van der Waals surface area contributed by atoms with Crippen molar-refractivity contribution in [3.63, 3.8) is 0 Å². The lowest BCUT2D eigenvalue weighted by atomic mass is 10.0. The molecule has 0 saturated heterocycles. The zero-order valence-electron chi connectivity index (χ0n) is 23.0. The van der Waals surface area contributed by atoms with E-state index >= 15 is 0 Å². The van der Waals surface area contributed by atoms with E-state index in [9.17, 15) is 14.4 Å². The Balaban J connectivity index is 1.62. The molecular formula is C28H39N7O3. The zero-order chi connectivity index (χ0) is 27.8. The predicted molar refractivity (Wildman–Crippen MR) is 148 cm³/mol. The van der Waals surface area contributed by atoms with Crippen LogP contribution in [0, 0.1) is 0 Å². The van der Waals surface area contributed by atoms with E-state index in [0.29, 0.717) is 31.2 Å². The van der Waals surface area contributed by atoms with Gasteiger partial charge in [0.1, 0.15) is 0 Å². The molecule has 2 aromatic rings. The van der Waals surface area contributed by atoms with Gasteiger partial charge in [-0.2, -0.15) is 0 Å². The normalized spacial score (nSPS) is 13.9. The van der Waals surface area contributed by atoms with E-state index in [4.69, 9.17) is 10.7 Å². The highest BCUT2D eigenvalue weighted by molar-refractivity contribution is 5.96. The van der Waals surface area contributed by atoms with Crippen molar-refractivity contribution in [3.05, 3.63) is 59.1 Å². The summed E-state index contributed by atoms with van der Waals surface area (Å²) >= 11 is 0. The van der Waals surface area contributed by atoms with E-state index in [1.165, 1.54) is 11.0 Å². The summed E-state index contributed by atoms with van der Waals surface area (Å²) < 4.78 is 0. The third-order valence-corrected chi connectivity index (χ3v) is 6.34. The van der Waals surface area contributed by atoms with Gasteiger partial charge in [0.2, 0.25) is 11.8 Å². The van der Waals surface area contributed by atoms with E-state index in [1.54, 1.807) is 13.1 Å². The molecule has 1 saturated carbocycles. The quantitative estimate of drug-likeness (QED) is 0.345. The summed E-state index contributed by atoms with van der Waals surface area (Å²) in [7, 11) is 5.44. The topological polar surface area (TPSA) is 134 Å². The van der Waals surface area contributed by atoms with Crippen molar-refractivity contribution in [3.8, 4) is 0 Å². The van der Waals surface area contributed by atoms with E-state index in [2.05, 4.69) is 15.6 Å². The standard InChI is InChI=1S/C28H39N7O3/c1-6-22-25(19-12-13-19)33-28(26(32-22)27(29)38)31-21-10-7-9-20(15-21)18(2)16-30-23(36)17-35(5)24(37)11-8-14-34(3)4/h7-11,15,18-19H,6,12-14,16-17H2,1-5H3,(H2,29,38)(H,30,36)(H,31,33)/b11-8+/t18-/m0/s1. The minimum atomic E-state index is -0.624. The molecule has 1 aliphatic carbocycles. The van der Waals surface area contributed by atoms with Gasteiger partial charge in [0, 0.05) is 37.8 Å². The van der Waals surface area contributed by atoms with Crippen molar-refractivity contribution in [2.24, 2.45) is 5.73 Å². The molecule has 1 aromatic heterocycles.